The molecule has 0 aromatic heterocycles. The number of anilines is 1. The molecule has 1 aromatic carbocycles. The van der Waals surface area contributed by atoms with Crippen molar-refractivity contribution in [3.63, 3.8) is 0 Å². The summed E-state index contributed by atoms with van der Waals surface area (Å²) in [6.45, 7) is 4.39. The highest BCUT2D eigenvalue weighted by Gasteiger charge is 2.29. The van der Waals surface area contributed by atoms with Crippen LogP contribution in [0.5, 0.6) is 11.5 Å². The number of rotatable bonds is 7. The zero-order valence-corrected chi connectivity index (χ0v) is 16.0. The molecule has 3 rings (SSSR count). The van der Waals surface area contributed by atoms with Crippen molar-refractivity contribution >= 4 is 11.6 Å². The smallest absolute Gasteiger partial charge is 0.242 e. The van der Waals surface area contributed by atoms with E-state index >= 15 is 0 Å². The standard InChI is InChI=1S/C20H31N3O3/c1-13(2)10-15-11-17(23-22-15)20(24)21-14-8-9-18(25-3)19(12-14)26-16-6-4-5-7-16/h8-9,12-13,15-17,22-23H,4-7,10-11H2,1-3H3,(H,21,24). The molecule has 1 aromatic rings. The van der Waals surface area contributed by atoms with Crippen LogP contribution < -0.4 is 25.6 Å². The number of carbonyl (C=O) groups excluding carboxylic acids is 1. The SMILES string of the molecule is COc1ccc(NC(=O)C2CC(CC(C)C)NN2)cc1OC1CCCC1. The highest BCUT2D eigenvalue weighted by atomic mass is 16.5. The highest BCUT2D eigenvalue weighted by Crippen LogP contribution is 2.34. The summed E-state index contributed by atoms with van der Waals surface area (Å²) in [4.78, 5) is 12.6. The van der Waals surface area contributed by atoms with Crippen LogP contribution in [0.15, 0.2) is 18.2 Å². The number of hydrazine groups is 1. The van der Waals surface area contributed by atoms with Crippen molar-refractivity contribution in [2.45, 2.75) is 70.6 Å². The van der Waals surface area contributed by atoms with Crippen LogP contribution in [0.4, 0.5) is 5.69 Å². The van der Waals surface area contributed by atoms with E-state index in [4.69, 9.17) is 9.47 Å². The number of benzene rings is 1. The summed E-state index contributed by atoms with van der Waals surface area (Å²) >= 11 is 0. The largest absolute Gasteiger partial charge is 0.493 e. The van der Waals surface area contributed by atoms with Crippen molar-refractivity contribution in [2.75, 3.05) is 12.4 Å². The second-order valence-corrected chi connectivity index (χ2v) is 7.78. The molecule has 1 saturated carbocycles. The van der Waals surface area contributed by atoms with Gasteiger partial charge in [0.05, 0.1) is 13.2 Å². The van der Waals surface area contributed by atoms with Gasteiger partial charge >= 0.3 is 0 Å². The van der Waals surface area contributed by atoms with Gasteiger partial charge in [0.1, 0.15) is 6.04 Å². The Kier molecular flexibility index (Phi) is 6.38. The van der Waals surface area contributed by atoms with Crippen molar-refractivity contribution < 1.29 is 14.3 Å². The zero-order chi connectivity index (χ0) is 18.5. The Morgan fingerprint density at radius 3 is 2.69 bits per heavy atom. The Labute approximate surface area is 156 Å². The van der Waals surface area contributed by atoms with Crippen molar-refractivity contribution in [1.29, 1.82) is 0 Å². The van der Waals surface area contributed by atoms with Gasteiger partial charge in [-0.05, 0) is 56.6 Å². The molecule has 0 radical (unpaired) electrons. The van der Waals surface area contributed by atoms with Crippen LogP contribution in [0, 0.1) is 5.92 Å². The molecule has 6 heteroatoms. The zero-order valence-electron chi connectivity index (χ0n) is 16.0. The fourth-order valence-electron chi connectivity index (χ4n) is 3.78. The van der Waals surface area contributed by atoms with E-state index in [2.05, 4.69) is 30.0 Å². The molecule has 2 aliphatic rings. The molecule has 6 nitrogen and oxygen atoms in total. The molecule has 26 heavy (non-hydrogen) atoms. The summed E-state index contributed by atoms with van der Waals surface area (Å²) < 4.78 is 11.5. The maximum Gasteiger partial charge on any atom is 0.242 e. The Bertz CT molecular complexity index is 614. The van der Waals surface area contributed by atoms with Crippen LogP contribution in [0.1, 0.15) is 52.4 Å². The van der Waals surface area contributed by atoms with Crippen molar-refractivity contribution in [3.05, 3.63) is 18.2 Å². The van der Waals surface area contributed by atoms with Gasteiger partial charge in [0.15, 0.2) is 11.5 Å². The molecule has 2 unspecified atom stereocenters. The third kappa shape index (κ3) is 4.89. The molecule has 1 aliphatic heterocycles. The second kappa shape index (κ2) is 8.73. The lowest BCUT2D eigenvalue weighted by Gasteiger charge is -2.17. The normalized spacial score (nSPS) is 23.4. The molecular formula is C20H31N3O3. The van der Waals surface area contributed by atoms with E-state index in [9.17, 15) is 4.79 Å². The highest BCUT2D eigenvalue weighted by molar-refractivity contribution is 5.95. The van der Waals surface area contributed by atoms with E-state index in [-0.39, 0.29) is 18.1 Å². The van der Waals surface area contributed by atoms with Crippen LogP contribution in [-0.4, -0.2) is 31.2 Å². The van der Waals surface area contributed by atoms with Crippen LogP contribution in [0.2, 0.25) is 0 Å². The number of carbonyl (C=O) groups is 1. The van der Waals surface area contributed by atoms with Crippen molar-refractivity contribution in [2.24, 2.45) is 5.92 Å². The van der Waals surface area contributed by atoms with Crippen LogP contribution in [0.3, 0.4) is 0 Å². The summed E-state index contributed by atoms with van der Waals surface area (Å²) in [5, 5.41) is 3.00. The first-order valence-corrected chi connectivity index (χ1v) is 9.71. The van der Waals surface area contributed by atoms with Crippen molar-refractivity contribution in [1.82, 2.24) is 10.9 Å². The van der Waals surface area contributed by atoms with Gasteiger partial charge in [-0.2, -0.15) is 0 Å². The maximum absolute atomic E-state index is 12.6. The molecule has 0 spiro atoms. The third-order valence-electron chi connectivity index (χ3n) is 5.08. The molecule has 144 valence electrons. The van der Waals surface area contributed by atoms with Crippen LogP contribution >= 0.6 is 0 Å². The lowest BCUT2D eigenvalue weighted by atomic mass is 10.00. The first kappa shape index (κ1) is 19.0. The van der Waals surface area contributed by atoms with E-state index in [1.54, 1.807) is 7.11 Å². The minimum atomic E-state index is -0.222. The van der Waals surface area contributed by atoms with E-state index in [0.29, 0.717) is 23.5 Å². The number of ether oxygens (including phenoxy) is 2. The Morgan fingerprint density at radius 1 is 1.23 bits per heavy atom. The van der Waals surface area contributed by atoms with Crippen LogP contribution in [-0.2, 0) is 4.79 Å². The van der Waals surface area contributed by atoms with Gasteiger partial charge in [-0.15, -0.1) is 0 Å². The predicted molar refractivity (Wildman–Crippen MR) is 102 cm³/mol. The number of amides is 1. The molecule has 3 N–H and O–H groups in total. The minimum Gasteiger partial charge on any atom is -0.493 e. The van der Waals surface area contributed by atoms with Crippen LogP contribution in [0.25, 0.3) is 0 Å². The summed E-state index contributed by atoms with van der Waals surface area (Å²) in [5.41, 5.74) is 7.07. The summed E-state index contributed by atoms with van der Waals surface area (Å²) in [5.74, 6) is 1.98. The minimum absolute atomic E-state index is 0.0271. The molecular weight excluding hydrogens is 330 g/mol. The van der Waals surface area contributed by atoms with Gasteiger partial charge in [0, 0.05) is 17.8 Å². The van der Waals surface area contributed by atoms with Gasteiger partial charge in [-0.1, -0.05) is 13.8 Å². The lowest BCUT2D eigenvalue weighted by Crippen LogP contribution is -2.40. The second-order valence-electron chi connectivity index (χ2n) is 7.78. The molecule has 2 fully saturated rings. The number of methoxy groups -OCH3 is 1. The molecule has 0 bridgehead atoms. The summed E-state index contributed by atoms with van der Waals surface area (Å²) in [7, 11) is 1.64. The summed E-state index contributed by atoms with van der Waals surface area (Å²) in [6.07, 6.45) is 6.67. The van der Waals surface area contributed by atoms with E-state index in [1.807, 2.05) is 18.2 Å². The quantitative estimate of drug-likeness (QED) is 0.695. The molecule has 1 aliphatic carbocycles. The monoisotopic (exact) mass is 361 g/mol. The van der Waals surface area contributed by atoms with Gasteiger partial charge in [0.2, 0.25) is 5.91 Å². The van der Waals surface area contributed by atoms with Gasteiger partial charge in [-0.25, -0.2) is 5.43 Å². The Hall–Kier alpha value is -1.79. The summed E-state index contributed by atoms with van der Waals surface area (Å²) in [6, 6.07) is 5.68. The average molecular weight is 361 g/mol. The fraction of sp³-hybridized carbons (Fsp3) is 0.650. The fourth-order valence-corrected chi connectivity index (χ4v) is 3.78. The first-order valence-electron chi connectivity index (χ1n) is 9.71. The van der Waals surface area contributed by atoms with E-state index in [1.165, 1.54) is 12.8 Å². The van der Waals surface area contributed by atoms with E-state index in [0.717, 1.165) is 31.4 Å². The first-order chi connectivity index (χ1) is 12.5. The van der Waals surface area contributed by atoms with Gasteiger partial charge in [-0.3, -0.25) is 10.2 Å². The lowest BCUT2D eigenvalue weighted by molar-refractivity contribution is -0.117. The number of hydrogen-bond donors (Lipinski definition) is 3. The van der Waals surface area contributed by atoms with Gasteiger partial charge < -0.3 is 14.8 Å². The predicted octanol–water partition coefficient (Wildman–Crippen LogP) is 3.24. The average Bonchev–Trinajstić information content (AvgIpc) is 3.26. The maximum atomic E-state index is 12.6. The Balaban J connectivity index is 1.61. The van der Waals surface area contributed by atoms with Crippen molar-refractivity contribution in [3.8, 4) is 11.5 Å². The number of nitrogens with one attached hydrogen (secondary N) is 3. The Morgan fingerprint density at radius 2 is 2.00 bits per heavy atom. The van der Waals surface area contributed by atoms with E-state index < -0.39 is 0 Å². The third-order valence-corrected chi connectivity index (χ3v) is 5.08. The molecule has 1 amide bonds. The molecule has 1 heterocycles. The van der Waals surface area contributed by atoms with Gasteiger partial charge in [0.25, 0.3) is 0 Å². The molecule has 2 atom stereocenters. The number of hydrogen-bond acceptors (Lipinski definition) is 5. The molecule has 1 saturated heterocycles. The topological polar surface area (TPSA) is 71.6 Å².